The predicted octanol–water partition coefficient (Wildman–Crippen LogP) is 1.85. The van der Waals surface area contributed by atoms with Crippen molar-refractivity contribution in [2.45, 2.75) is 20.3 Å². The standard InChI is InChI=1S/C12H16N2O4/c1-12(2,6-13)5-8-3-9(14(15)16)11-10(4-8)17-7-18-11/h3-4H,5-7,13H2,1-2H3. The van der Waals surface area contributed by atoms with Crippen molar-refractivity contribution in [1.82, 2.24) is 0 Å². The van der Waals surface area contributed by atoms with Gasteiger partial charge in [0, 0.05) is 6.07 Å². The average Bonchev–Trinajstić information content (AvgIpc) is 2.75. The van der Waals surface area contributed by atoms with Gasteiger partial charge in [0.25, 0.3) is 0 Å². The van der Waals surface area contributed by atoms with Gasteiger partial charge in [-0.25, -0.2) is 0 Å². The zero-order valence-corrected chi connectivity index (χ0v) is 10.4. The smallest absolute Gasteiger partial charge is 0.315 e. The van der Waals surface area contributed by atoms with Gasteiger partial charge < -0.3 is 15.2 Å². The molecule has 98 valence electrons. The number of nitrogens with zero attached hydrogens (tertiary/aromatic N) is 1. The molecule has 0 fully saturated rings. The van der Waals surface area contributed by atoms with E-state index in [0.29, 0.717) is 18.7 Å². The third kappa shape index (κ3) is 2.38. The van der Waals surface area contributed by atoms with Crippen molar-refractivity contribution in [3.8, 4) is 11.5 Å². The molecule has 1 aliphatic heterocycles. The Morgan fingerprint density at radius 2 is 2.17 bits per heavy atom. The van der Waals surface area contributed by atoms with Crippen LogP contribution in [0.4, 0.5) is 5.69 Å². The molecule has 2 N–H and O–H groups in total. The van der Waals surface area contributed by atoms with Crippen molar-refractivity contribution in [1.29, 1.82) is 0 Å². The lowest BCUT2D eigenvalue weighted by Gasteiger charge is -2.22. The summed E-state index contributed by atoms with van der Waals surface area (Å²) in [6, 6.07) is 3.32. The number of nitrogens with two attached hydrogens (primary N) is 1. The highest BCUT2D eigenvalue weighted by atomic mass is 16.7. The molecule has 0 unspecified atom stereocenters. The first-order valence-corrected chi connectivity index (χ1v) is 5.70. The molecule has 0 aromatic heterocycles. The van der Waals surface area contributed by atoms with E-state index >= 15 is 0 Å². The number of benzene rings is 1. The summed E-state index contributed by atoms with van der Waals surface area (Å²) in [5.74, 6) is 0.654. The van der Waals surface area contributed by atoms with Gasteiger partial charge in [-0.05, 0) is 30.0 Å². The van der Waals surface area contributed by atoms with Crippen LogP contribution < -0.4 is 15.2 Å². The molecule has 0 amide bonds. The molecule has 0 radical (unpaired) electrons. The summed E-state index contributed by atoms with van der Waals surface area (Å²) in [6.45, 7) is 4.57. The Balaban J connectivity index is 2.39. The molecule has 1 heterocycles. The second kappa shape index (κ2) is 4.45. The SMILES string of the molecule is CC(C)(CN)Cc1cc2c(c([N+](=O)[O-])c1)OCO2. The molecule has 2 rings (SSSR count). The Morgan fingerprint density at radius 3 is 2.78 bits per heavy atom. The quantitative estimate of drug-likeness (QED) is 0.652. The van der Waals surface area contributed by atoms with E-state index in [-0.39, 0.29) is 23.6 Å². The molecule has 0 bridgehead atoms. The first-order chi connectivity index (χ1) is 8.43. The number of ether oxygens (including phenoxy) is 2. The lowest BCUT2D eigenvalue weighted by atomic mass is 9.86. The van der Waals surface area contributed by atoms with E-state index in [1.807, 2.05) is 13.8 Å². The van der Waals surface area contributed by atoms with Gasteiger partial charge in [0.05, 0.1) is 4.92 Å². The minimum atomic E-state index is -0.452. The van der Waals surface area contributed by atoms with Crippen molar-refractivity contribution in [3.05, 3.63) is 27.8 Å². The first-order valence-electron chi connectivity index (χ1n) is 5.70. The summed E-state index contributed by atoms with van der Waals surface area (Å²) in [4.78, 5) is 10.5. The van der Waals surface area contributed by atoms with Gasteiger partial charge in [-0.2, -0.15) is 0 Å². The van der Waals surface area contributed by atoms with E-state index in [1.165, 1.54) is 6.07 Å². The monoisotopic (exact) mass is 252 g/mol. The van der Waals surface area contributed by atoms with Gasteiger partial charge >= 0.3 is 5.69 Å². The van der Waals surface area contributed by atoms with Crippen LogP contribution in [0.5, 0.6) is 11.5 Å². The summed E-state index contributed by atoms with van der Waals surface area (Å²) in [5.41, 5.74) is 6.35. The number of hydrogen-bond donors (Lipinski definition) is 1. The van der Waals surface area contributed by atoms with E-state index in [1.54, 1.807) is 6.07 Å². The van der Waals surface area contributed by atoms with Crippen molar-refractivity contribution in [3.63, 3.8) is 0 Å². The van der Waals surface area contributed by atoms with Crippen LogP contribution in [0.15, 0.2) is 12.1 Å². The molecule has 6 nitrogen and oxygen atoms in total. The van der Waals surface area contributed by atoms with Crippen LogP contribution in [-0.2, 0) is 6.42 Å². The second-order valence-corrected chi connectivity index (χ2v) is 5.15. The Labute approximate surface area is 105 Å². The molecular formula is C12H16N2O4. The number of rotatable bonds is 4. The highest BCUT2D eigenvalue weighted by Gasteiger charge is 2.28. The van der Waals surface area contributed by atoms with Crippen LogP contribution >= 0.6 is 0 Å². The molecular weight excluding hydrogens is 236 g/mol. The molecule has 0 saturated carbocycles. The summed E-state index contributed by atoms with van der Waals surface area (Å²) in [5, 5.41) is 11.0. The lowest BCUT2D eigenvalue weighted by Crippen LogP contribution is -2.25. The Bertz CT molecular complexity index is 485. The van der Waals surface area contributed by atoms with Crippen molar-refractivity contribution in [2.24, 2.45) is 11.1 Å². The fraction of sp³-hybridized carbons (Fsp3) is 0.500. The lowest BCUT2D eigenvalue weighted by molar-refractivity contribution is -0.385. The van der Waals surface area contributed by atoms with Crippen molar-refractivity contribution in [2.75, 3.05) is 13.3 Å². The molecule has 1 aromatic rings. The largest absolute Gasteiger partial charge is 0.453 e. The molecule has 0 atom stereocenters. The fourth-order valence-electron chi connectivity index (χ4n) is 1.91. The second-order valence-electron chi connectivity index (χ2n) is 5.15. The van der Waals surface area contributed by atoms with E-state index in [4.69, 9.17) is 15.2 Å². The number of nitro benzene ring substituents is 1. The van der Waals surface area contributed by atoms with Gasteiger partial charge in [0.2, 0.25) is 12.5 Å². The zero-order valence-electron chi connectivity index (χ0n) is 10.4. The van der Waals surface area contributed by atoms with Gasteiger partial charge in [-0.3, -0.25) is 10.1 Å². The van der Waals surface area contributed by atoms with Gasteiger partial charge in [-0.1, -0.05) is 13.8 Å². The van der Waals surface area contributed by atoms with E-state index < -0.39 is 4.92 Å². The van der Waals surface area contributed by atoms with Crippen LogP contribution in [0, 0.1) is 15.5 Å². The predicted molar refractivity (Wildman–Crippen MR) is 65.8 cm³/mol. The Morgan fingerprint density at radius 1 is 1.44 bits per heavy atom. The summed E-state index contributed by atoms with van der Waals surface area (Å²) in [6.07, 6.45) is 0.654. The number of hydrogen-bond acceptors (Lipinski definition) is 5. The maximum absolute atomic E-state index is 11.0. The third-order valence-electron chi connectivity index (χ3n) is 2.94. The van der Waals surface area contributed by atoms with Crippen molar-refractivity contribution < 1.29 is 14.4 Å². The van der Waals surface area contributed by atoms with Crippen LogP contribution in [0.3, 0.4) is 0 Å². The zero-order chi connectivity index (χ0) is 13.3. The van der Waals surface area contributed by atoms with Crippen molar-refractivity contribution >= 4 is 5.69 Å². The maximum Gasteiger partial charge on any atom is 0.315 e. The molecule has 18 heavy (non-hydrogen) atoms. The average molecular weight is 252 g/mol. The summed E-state index contributed by atoms with van der Waals surface area (Å²) < 4.78 is 10.3. The first kappa shape index (κ1) is 12.6. The molecule has 6 heteroatoms. The number of nitro groups is 1. The molecule has 0 saturated heterocycles. The summed E-state index contributed by atoms with van der Waals surface area (Å²) >= 11 is 0. The van der Waals surface area contributed by atoms with Crippen LogP contribution in [0.25, 0.3) is 0 Å². The van der Waals surface area contributed by atoms with Gasteiger partial charge in [-0.15, -0.1) is 0 Å². The molecule has 0 aliphatic carbocycles. The molecule has 1 aromatic carbocycles. The van der Waals surface area contributed by atoms with E-state index in [0.717, 1.165) is 5.56 Å². The Hall–Kier alpha value is -1.82. The van der Waals surface area contributed by atoms with Crippen LogP contribution in [-0.4, -0.2) is 18.3 Å². The van der Waals surface area contributed by atoms with Crippen LogP contribution in [0.2, 0.25) is 0 Å². The molecule has 0 spiro atoms. The van der Waals surface area contributed by atoms with E-state index in [2.05, 4.69) is 0 Å². The van der Waals surface area contributed by atoms with Gasteiger partial charge in [0.15, 0.2) is 5.75 Å². The summed E-state index contributed by atoms with van der Waals surface area (Å²) in [7, 11) is 0. The minimum absolute atomic E-state index is 0.0277. The normalized spacial score (nSPS) is 13.7. The third-order valence-corrected chi connectivity index (χ3v) is 2.94. The van der Waals surface area contributed by atoms with Gasteiger partial charge in [0.1, 0.15) is 0 Å². The number of fused-ring (bicyclic) bond motifs is 1. The van der Waals surface area contributed by atoms with E-state index in [9.17, 15) is 10.1 Å². The molecule has 1 aliphatic rings. The van der Waals surface area contributed by atoms with Crippen LogP contribution in [0.1, 0.15) is 19.4 Å². The minimum Gasteiger partial charge on any atom is -0.453 e. The maximum atomic E-state index is 11.0. The topological polar surface area (TPSA) is 87.6 Å². The highest BCUT2D eigenvalue weighted by Crippen LogP contribution is 2.42. The Kier molecular flexibility index (Phi) is 3.13. The fourth-order valence-corrected chi connectivity index (χ4v) is 1.91. The highest BCUT2D eigenvalue weighted by molar-refractivity contribution is 5.59.